The van der Waals surface area contributed by atoms with Crippen LogP contribution in [-0.4, -0.2) is 21.7 Å². The molecule has 0 saturated heterocycles. The third kappa shape index (κ3) is 5.12. The van der Waals surface area contributed by atoms with Crippen LogP contribution in [0.3, 0.4) is 0 Å². The molecule has 0 atom stereocenters. The Kier molecular flexibility index (Phi) is 5.78. The van der Waals surface area contributed by atoms with E-state index in [0.717, 1.165) is 5.56 Å². The number of nitrogens with zero attached hydrogens (tertiary/aromatic N) is 2. The van der Waals surface area contributed by atoms with Crippen molar-refractivity contribution in [1.29, 1.82) is 0 Å². The molecule has 0 aliphatic rings. The normalized spacial score (nSPS) is 10.3. The second kappa shape index (κ2) is 8.42. The quantitative estimate of drug-likeness (QED) is 0.626. The molecule has 0 aliphatic heterocycles. The van der Waals surface area contributed by atoms with E-state index in [9.17, 15) is 9.59 Å². The summed E-state index contributed by atoms with van der Waals surface area (Å²) in [6, 6.07) is 14.2. The summed E-state index contributed by atoms with van der Waals surface area (Å²) in [6.07, 6.45) is 2.89. The van der Waals surface area contributed by atoms with Crippen molar-refractivity contribution in [1.82, 2.24) is 9.97 Å². The van der Waals surface area contributed by atoms with Crippen molar-refractivity contribution in [2.45, 2.75) is 13.5 Å². The van der Waals surface area contributed by atoms with E-state index in [-0.39, 0.29) is 11.5 Å². The number of rotatable bonds is 6. The van der Waals surface area contributed by atoms with Gasteiger partial charge in [0.2, 0.25) is 0 Å². The average molecular weight is 381 g/mol. The minimum absolute atomic E-state index is 0.0676. The summed E-state index contributed by atoms with van der Waals surface area (Å²) in [4.78, 5) is 32.0. The maximum atomic E-state index is 12.3. The number of aromatic nitrogens is 2. The van der Waals surface area contributed by atoms with Gasteiger partial charge in [-0.2, -0.15) is 0 Å². The smallest absolute Gasteiger partial charge is 0.275 e. The lowest BCUT2D eigenvalue weighted by atomic mass is 10.1. The highest BCUT2D eigenvalue weighted by molar-refractivity contribution is 6.30. The lowest BCUT2D eigenvalue weighted by Crippen LogP contribution is -2.14. The first-order valence-electron chi connectivity index (χ1n) is 8.24. The van der Waals surface area contributed by atoms with E-state index in [1.54, 1.807) is 24.3 Å². The van der Waals surface area contributed by atoms with Crippen LogP contribution in [0, 0.1) is 0 Å². The number of ketones is 1. The molecule has 0 spiro atoms. The van der Waals surface area contributed by atoms with Crippen LogP contribution in [0.25, 0.3) is 0 Å². The molecule has 3 rings (SSSR count). The number of Topliss-reactive ketones (excluding diaryl/α,β-unsaturated/α-hetero) is 1. The summed E-state index contributed by atoms with van der Waals surface area (Å²) in [5.74, 6) is 0.0922. The molecule has 2 N–H and O–H groups in total. The van der Waals surface area contributed by atoms with Crippen molar-refractivity contribution in [3.8, 4) is 0 Å². The third-order valence-electron chi connectivity index (χ3n) is 3.80. The van der Waals surface area contributed by atoms with Gasteiger partial charge in [-0.15, -0.1) is 0 Å². The molecule has 1 amide bonds. The Morgan fingerprint density at radius 3 is 2.48 bits per heavy atom. The fourth-order valence-electron chi connectivity index (χ4n) is 2.34. The molecule has 136 valence electrons. The van der Waals surface area contributed by atoms with Crippen LogP contribution in [0.4, 0.5) is 11.5 Å². The summed E-state index contributed by atoms with van der Waals surface area (Å²) < 4.78 is 0. The molecule has 6 nitrogen and oxygen atoms in total. The molecular formula is C20H17ClN4O2. The first-order chi connectivity index (χ1) is 13.0. The molecule has 1 heterocycles. The maximum Gasteiger partial charge on any atom is 0.275 e. The van der Waals surface area contributed by atoms with E-state index in [2.05, 4.69) is 20.6 Å². The van der Waals surface area contributed by atoms with Crippen LogP contribution in [-0.2, 0) is 6.54 Å². The zero-order valence-corrected chi connectivity index (χ0v) is 15.3. The topological polar surface area (TPSA) is 84.0 Å². The Labute approximate surface area is 161 Å². The number of halogens is 1. The molecule has 0 unspecified atom stereocenters. The minimum atomic E-state index is -0.396. The number of hydrogen-bond acceptors (Lipinski definition) is 5. The molecule has 0 aliphatic carbocycles. The molecule has 27 heavy (non-hydrogen) atoms. The van der Waals surface area contributed by atoms with Gasteiger partial charge < -0.3 is 10.6 Å². The second-order valence-electron chi connectivity index (χ2n) is 5.86. The standard InChI is InChI=1S/C20H17ClN4O2/c1-13(26)15-3-2-4-17(9-15)25-20(27)18-11-24-19(12-22-18)23-10-14-5-7-16(21)8-6-14/h2-9,11-12H,10H2,1H3,(H,23,24)(H,25,27). The Morgan fingerprint density at radius 2 is 1.81 bits per heavy atom. The number of amides is 1. The summed E-state index contributed by atoms with van der Waals surface area (Å²) in [7, 11) is 0. The van der Waals surface area contributed by atoms with Gasteiger partial charge in [-0.05, 0) is 36.8 Å². The molecule has 0 saturated carbocycles. The maximum absolute atomic E-state index is 12.3. The van der Waals surface area contributed by atoms with Crippen LogP contribution >= 0.6 is 11.6 Å². The van der Waals surface area contributed by atoms with E-state index in [1.807, 2.05) is 24.3 Å². The van der Waals surface area contributed by atoms with E-state index < -0.39 is 5.91 Å². The van der Waals surface area contributed by atoms with Crippen molar-refractivity contribution >= 4 is 34.8 Å². The van der Waals surface area contributed by atoms with Crippen molar-refractivity contribution in [3.05, 3.63) is 82.8 Å². The molecule has 1 aromatic heterocycles. The number of benzene rings is 2. The summed E-state index contributed by atoms with van der Waals surface area (Å²) in [5, 5.41) is 6.52. The highest BCUT2D eigenvalue weighted by Gasteiger charge is 2.09. The van der Waals surface area contributed by atoms with E-state index in [1.165, 1.54) is 19.3 Å². The number of hydrogen-bond donors (Lipinski definition) is 2. The van der Waals surface area contributed by atoms with Gasteiger partial charge in [-0.25, -0.2) is 9.97 Å². The average Bonchev–Trinajstić information content (AvgIpc) is 2.68. The van der Waals surface area contributed by atoms with E-state index in [4.69, 9.17) is 11.6 Å². The SMILES string of the molecule is CC(=O)c1cccc(NC(=O)c2cnc(NCc3ccc(Cl)cc3)cn2)c1. The van der Waals surface area contributed by atoms with Gasteiger partial charge >= 0.3 is 0 Å². The Balaban J connectivity index is 1.60. The van der Waals surface area contributed by atoms with E-state index >= 15 is 0 Å². The molecule has 0 radical (unpaired) electrons. The highest BCUT2D eigenvalue weighted by atomic mass is 35.5. The predicted octanol–water partition coefficient (Wildman–Crippen LogP) is 4.20. The van der Waals surface area contributed by atoms with Crippen molar-refractivity contribution in [3.63, 3.8) is 0 Å². The molecule has 0 bridgehead atoms. The lowest BCUT2D eigenvalue weighted by Gasteiger charge is -2.08. The Bertz CT molecular complexity index is 956. The van der Waals surface area contributed by atoms with Crippen LogP contribution in [0.15, 0.2) is 60.9 Å². The molecule has 3 aromatic rings. The van der Waals surface area contributed by atoms with Gasteiger partial charge in [0.25, 0.3) is 5.91 Å². The fraction of sp³-hybridized carbons (Fsp3) is 0.100. The second-order valence-corrected chi connectivity index (χ2v) is 6.29. The molecule has 7 heteroatoms. The lowest BCUT2D eigenvalue weighted by molar-refractivity contribution is 0.100. The largest absolute Gasteiger partial charge is 0.365 e. The summed E-state index contributed by atoms with van der Waals surface area (Å²) >= 11 is 5.86. The van der Waals surface area contributed by atoms with Crippen molar-refractivity contribution in [2.24, 2.45) is 0 Å². The monoisotopic (exact) mass is 380 g/mol. The van der Waals surface area contributed by atoms with Crippen LogP contribution in [0.5, 0.6) is 0 Å². The third-order valence-corrected chi connectivity index (χ3v) is 4.05. The van der Waals surface area contributed by atoms with Gasteiger partial charge in [-0.3, -0.25) is 9.59 Å². The Hall–Kier alpha value is -3.25. The minimum Gasteiger partial charge on any atom is -0.365 e. The first-order valence-corrected chi connectivity index (χ1v) is 8.62. The van der Waals surface area contributed by atoms with Gasteiger partial charge in [0.05, 0.1) is 12.4 Å². The van der Waals surface area contributed by atoms with Gasteiger partial charge in [0, 0.05) is 22.8 Å². The zero-order valence-electron chi connectivity index (χ0n) is 14.6. The summed E-state index contributed by atoms with van der Waals surface area (Å²) in [5.41, 5.74) is 2.29. The van der Waals surface area contributed by atoms with Crippen LogP contribution in [0.1, 0.15) is 33.3 Å². The zero-order chi connectivity index (χ0) is 19.2. The Morgan fingerprint density at radius 1 is 1.04 bits per heavy atom. The van der Waals surface area contributed by atoms with Gasteiger partial charge in [0.1, 0.15) is 11.5 Å². The molecule has 2 aromatic carbocycles. The van der Waals surface area contributed by atoms with Crippen LogP contribution in [0.2, 0.25) is 5.02 Å². The van der Waals surface area contributed by atoms with E-state index in [0.29, 0.717) is 28.6 Å². The predicted molar refractivity (Wildman–Crippen MR) is 105 cm³/mol. The van der Waals surface area contributed by atoms with Crippen LogP contribution < -0.4 is 10.6 Å². The van der Waals surface area contributed by atoms with Crippen molar-refractivity contribution in [2.75, 3.05) is 10.6 Å². The molecular weight excluding hydrogens is 364 g/mol. The molecule has 0 fully saturated rings. The highest BCUT2D eigenvalue weighted by Crippen LogP contribution is 2.13. The van der Waals surface area contributed by atoms with Crippen molar-refractivity contribution < 1.29 is 9.59 Å². The number of anilines is 2. The van der Waals surface area contributed by atoms with Gasteiger partial charge in [-0.1, -0.05) is 35.9 Å². The number of carbonyl (C=O) groups is 2. The number of carbonyl (C=O) groups excluding carboxylic acids is 2. The fourth-order valence-corrected chi connectivity index (χ4v) is 2.47. The van der Waals surface area contributed by atoms with Gasteiger partial charge in [0.15, 0.2) is 5.78 Å². The number of nitrogens with one attached hydrogen (secondary N) is 2. The summed E-state index contributed by atoms with van der Waals surface area (Å²) in [6.45, 7) is 2.04. The first kappa shape index (κ1) is 18.5.